The van der Waals surface area contributed by atoms with E-state index in [2.05, 4.69) is 15.6 Å². The summed E-state index contributed by atoms with van der Waals surface area (Å²) in [7, 11) is 3.55. The average molecular weight is 492 g/mol. The maximum Gasteiger partial charge on any atom is 0.243 e. The second kappa shape index (κ2) is 11.4. The third-order valence-electron chi connectivity index (χ3n) is 6.33. The molecule has 2 saturated carbocycles. The van der Waals surface area contributed by atoms with E-state index in [1.807, 2.05) is 0 Å². The van der Waals surface area contributed by atoms with Crippen LogP contribution in [0, 0.1) is 17.8 Å². The number of hydrogen-bond donors (Lipinski definition) is 2. The molecule has 0 spiro atoms. The molecule has 1 aliphatic heterocycles. The van der Waals surface area contributed by atoms with Crippen LogP contribution in [-0.4, -0.2) is 63.2 Å². The molecule has 4 unspecified atom stereocenters. The van der Waals surface area contributed by atoms with Crippen molar-refractivity contribution in [2.75, 3.05) is 40.4 Å². The zero-order valence-electron chi connectivity index (χ0n) is 16.9. The van der Waals surface area contributed by atoms with Crippen LogP contribution in [0.5, 0.6) is 0 Å². The molecule has 2 N–H and O–H groups in total. The SMILES string of the molecule is CN(C)C(=O)CN=C(NCC1CCOC1)NC1CCC2CCCCC2C1.I. The lowest BCUT2D eigenvalue weighted by atomic mass is 9.69. The number of nitrogens with one attached hydrogen (secondary N) is 2. The number of carbonyl (C=O) groups is 1. The highest BCUT2D eigenvalue weighted by molar-refractivity contribution is 14.0. The minimum absolute atomic E-state index is 0. The first-order valence-corrected chi connectivity index (χ1v) is 10.4. The van der Waals surface area contributed by atoms with Gasteiger partial charge in [0.05, 0.1) is 6.61 Å². The van der Waals surface area contributed by atoms with E-state index in [1.54, 1.807) is 19.0 Å². The average Bonchev–Trinajstić information content (AvgIpc) is 3.17. The second-order valence-corrected chi connectivity index (χ2v) is 8.52. The van der Waals surface area contributed by atoms with Crippen molar-refractivity contribution in [3.63, 3.8) is 0 Å². The lowest BCUT2D eigenvalue weighted by Crippen LogP contribution is -2.48. The van der Waals surface area contributed by atoms with Crippen molar-refractivity contribution in [1.29, 1.82) is 0 Å². The van der Waals surface area contributed by atoms with Gasteiger partial charge in [0.15, 0.2) is 5.96 Å². The molecule has 0 radical (unpaired) electrons. The summed E-state index contributed by atoms with van der Waals surface area (Å²) in [5, 5.41) is 7.10. The predicted octanol–water partition coefficient (Wildman–Crippen LogP) is 2.62. The third kappa shape index (κ3) is 7.07. The summed E-state index contributed by atoms with van der Waals surface area (Å²) >= 11 is 0. The zero-order valence-corrected chi connectivity index (χ0v) is 19.2. The van der Waals surface area contributed by atoms with Crippen molar-refractivity contribution in [2.24, 2.45) is 22.7 Å². The van der Waals surface area contributed by atoms with E-state index in [-0.39, 0.29) is 36.4 Å². The van der Waals surface area contributed by atoms with Crippen LogP contribution in [0.25, 0.3) is 0 Å². The Bertz CT molecular complexity index is 494. The largest absolute Gasteiger partial charge is 0.381 e. The Kier molecular flexibility index (Phi) is 9.62. The summed E-state index contributed by atoms with van der Waals surface area (Å²) in [6.45, 7) is 2.74. The molecule has 6 nitrogen and oxygen atoms in total. The summed E-state index contributed by atoms with van der Waals surface area (Å²) in [5.41, 5.74) is 0. The van der Waals surface area contributed by atoms with Crippen molar-refractivity contribution in [1.82, 2.24) is 15.5 Å². The Labute approximate surface area is 181 Å². The number of guanidine groups is 1. The topological polar surface area (TPSA) is 66.0 Å². The highest BCUT2D eigenvalue weighted by Crippen LogP contribution is 2.40. The summed E-state index contributed by atoms with van der Waals surface area (Å²) in [6.07, 6.45) is 10.5. The molecule has 27 heavy (non-hydrogen) atoms. The number of nitrogens with zero attached hydrogens (tertiary/aromatic N) is 2. The number of aliphatic imine (C=N–C) groups is 1. The maximum atomic E-state index is 11.9. The van der Waals surface area contributed by atoms with Crippen LogP contribution < -0.4 is 10.6 Å². The molecule has 0 aromatic heterocycles. The van der Waals surface area contributed by atoms with E-state index >= 15 is 0 Å². The molecular formula is C20H37IN4O2. The van der Waals surface area contributed by atoms with Gasteiger partial charge in [-0.15, -0.1) is 24.0 Å². The van der Waals surface area contributed by atoms with Crippen LogP contribution in [-0.2, 0) is 9.53 Å². The first kappa shape index (κ1) is 22.7. The molecule has 0 aromatic carbocycles. The Morgan fingerprint density at radius 1 is 1.11 bits per heavy atom. The van der Waals surface area contributed by atoms with Gasteiger partial charge in [0.1, 0.15) is 6.54 Å². The highest BCUT2D eigenvalue weighted by atomic mass is 127. The Morgan fingerprint density at radius 2 is 1.89 bits per heavy atom. The first-order chi connectivity index (χ1) is 12.6. The van der Waals surface area contributed by atoms with Gasteiger partial charge < -0.3 is 20.3 Å². The van der Waals surface area contributed by atoms with Gasteiger partial charge in [-0.05, 0) is 37.5 Å². The minimum atomic E-state index is 0. The van der Waals surface area contributed by atoms with E-state index in [0.717, 1.165) is 44.0 Å². The lowest BCUT2D eigenvalue weighted by molar-refractivity contribution is -0.127. The Hall–Kier alpha value is -0.570. The van der Waals surface area contributed by atoms with Crippen molar-refractivity contribution < 1.29 is 9.53 Å². The van der Waals surface area contributed by atoms with E-state index in [0.29, 0.717) is 12.0 Å². The Balaban J connectivity index is 0.00000261. The normalized spacial score (nSPS) is 30.8. The van der Waals surface area contributed by atoms with E-state index in [4.69, 9.17) is 4.74 Å². The smallest absolute Gasteiger partial charge is 0.243 e. The summed E-state index contributed by atoms with van der Waals surface area (Å²) in [4.78, 5) is 18.1. The fourth-order valence-electron chi connectivity index (χ4n) is 4.62. The van der Waals surface area contributed by atoms with Gasteiger partial charge in [0, 0.05) is 39.2 Å². The number of ether oxygens (including phenoxy) is 1. The molecule has 156 valence electrons. The second-order valence-electron chi connectivity index (χ2n) is 8.52. The van der Waals surface area contributed by atoms with Gasteiger partial charge in [0.2, 0.25) is 5.91 Å². The van der Waals surface area contributed by atoms with Gasteiger partial charge in [0.25, 0.3) is 0 Å². The van der Waals surface area contributed by atoms with Gasteiger partial charge >= 0.3 is 0 Å². The monoisotopic (exact) mass is 492 g/mol. The third-order valence-corrected chi connectivity index (χ3v) is 6.33. The first-order valence-electron chi connectivity index (χ1n) is 10.4. The minimum Gasteiger partial charge on any atom is -0.381 e. The zero-order chi connectivity index (χ0) is 18.4. The van der Waals surface area contributed by atoms with Crippen molar-refractivity contribution in [3.8, 4) is 0 Å². The van der Waals surface area contributed by atoms with Gasteiger partial charge in [-0.2, -0.15) is 0 Å². The van der Waals surface area contributed by atoms with Crippen LogP contribution >= 0.6 is 24.0 Å². The van der Waals surface area contributed by atoms with Gasteiger partial charge in [-0.25, -0.2) is 4.99 Å². The molecule has 2 aliphatic carbocycles. The number of carbonyl (C=O) groups excluding carboxylic acids is 1. The van der Waals surface area contributed by atoms with Crippen LogP contribution in [0.1, 0.15) is 51.4 Å². The summed E-state index contributed by atoms with van der Waals surface area (Å²) in [5.74, 6) is 3.20. The molecular weight excluding hydrogens is 455 g/mol. The number of hydrogen-bond acceptors (Lipinski definition) is 3. The number of halogens is 1. The number of rotatable bonds is 5. The molecule has 1 amide bonds. The number of fused-ring (bicyclic) bond motifs is 1. The van der Waals surface area contributed by atoms with Crippen LogP contribution in [0.4, 0.5) is 0 Å². The van der Waals surface area contributed by atoms with Crippen LogP contribution in [0.2, 0.25) is 0 Å². The molecule has 7 heteroatoms. The quantitative estimate of drug-likeness (QED) is 0.352. The Morgan fingerprint density at radius 3 is 2.59 bits per heavy atom. The number of likely N-dealkylation sites (N-methyl/N-ethyl adjacent to an activating group) is 1. The summed E-state index contributed by atoms with van der Waals surface area (Å²) in [6, 6.07) is 0.481. The van der Waals surface area contributed by atoms with Gasteiger partial charge in [-0.3, -0.25) is 4.79 Å². The van der Waals surface area contributed by atoms with Crippen LogP contribution in [0.15, 0.2) is 4.99 Å². The summed E-state index contributed by atoms with van der Waals surface area (Å²) < 4.78 is 5.47. The lowest BCUT2D eigenvalue weighted by Gasteiger charge is -2.40. The standard InChI is InChI=1S/C20H36N4O2.HI/c1-24(2)19(25)13-22-20(21-12-15-9-10-26-14-15)23-18-8-7-16-5-3-4-6-17(16)11-18;/h15-18H,3-14H2,1-2H3,(H2,21,22,23);1H. The fourth-order valence-corrected chi connectivity index (χ4v) is 4.62. The van der Waals surface area contributed by atoms with Crippen molar-refractivity contribution >= 4 is 35.8 Å². The molecule has 4 atom stereocenters. The number of amides is 1. The molecule has 3 rings (SSSR count). The van der Waals surface area contributed by atoms with E-state index in [9.17, 15) is 4.79 Å². The predicted molar refractivity (Wildman–Crippen MR) is 120 cm³/mol. The highest BCUT2D eigenvalue weighted by Gasteiger charge is 2.32. The van der Waals surface area contributed by atoms with E-state index in [1.165, 1.54) is 44.9 Å². The molecule has 1 heterocycles. The fraction of sp³-hybridized carbons (Fsp3) is 0.900. The molecule has 0 bridgehead atoms. The molecule has 0 aromatic rings. The van der Waals surface area contributed by atoms with E-state index < -0.39 is 0 Å². The maximum absolute atomic E-state index is 11.9. The van der Waals surface area contributed by atoms with Crippen molar-refractivity contribution in [3.05, 3.63) is 0 Å². The van der Waals surface area contributed by atoms with Crippen LogP contribution in [0.3, 0.4) is 0 Å². The van der Waals surface area contributed by atoms with Gasteiger partial charge in [-0.1, -0.05) is 25.7 Å². The van der Waals surface area contributed by atoms with Crippen molar-refractivity contribution in [2.45, 2.75) is 57.4 Å². The molecule has 3 fully saturated rings. The molecule has 3 aliphatic rings. The molecule has 1 saturated heterocycles.